The van der Waals surface area contributed by atoms with Crippen LogP contribution in [0.15, 0.2) is 18.2 Å². The molecule has 21 heavy (non-hydrogen) atoms. The molecule has 3 atom stereocenters. The molecule has 1 fully saturated rings. The number of halogens is 3. The molecule has 1 heterocycles. The van der Waals surface area contributed by atoms with Gasteiger partial charge in [0.25, 0.3) is 0 Å². The van der Waals surface area contributed by atoms with Crippen molar-refractivity contribution in [3.63, 3.8) is 0 Å². The zero-order chi connectivity index (χ0) is 15.0. The van der Waals surface area contributed by atoms with Gasteiger partial charge in [-0.05, 0) is 36.1 Å². The van der Waals surface area contributed by atoms with Crippen LogP contribution in [0, 0.1) is 11.8 Å². The predicted molar refractivity (Wildman–Crippen MR) is 72.1 cm³/mol. The van der Waals surface area contributed by atoms with E-state index in [1.807, 2.05) is 0 Å². The van der Waals surface area contributed by atoms with Crippen LogP contribution in [0.5, 0.6) is 5.75 Å². The van der Waals surface area contributed by atoms with Crippen molar-refractivity contribution < 1.29 is 23.0 Å². The molecule has 0 spiro atoms. The van der Waals surface area contributed by atoms with Gasteiger partial charge < -0.3 is 9.84 Å². The van der Waals surface area contributed by atoms with E-state index in [0.29, 0.717) is 25.0 Å². The van der Waals surface area contributed by atoms with Crippen molar-refractivity contribution in [1.82, 2.24) is 0 Å². The van der Waals surface area contributed by atoms with E-state index in [9.17, 15) is 18.3 Å². The topological polar surface area (TPSA) is 29.5 Å². The summed E-state index contributed by atoms with van der Waals surface area (Å²) in [4.78, 5) is 0. The van der Waals surface area contributed by atoms with E-state index in [0.717, 1.165) is 24.2 Å². The maximum atomic E-state index is 13.2. The van der Waals surface area contributed by atoms with Gasteiger partial charge in [-0.1, -0.05) is 18.9 Å². The molecule has 1 N–H and O–H groups in total. The summed E-state index contributed by atoms with van der Waals surface area (Å²) < 4.78 is 44.9. The molecule has 3 unspecified atom stereocenters. The molecule has 116 valence electrons. The molecule has 2 aliphatic rings. The van der Waals surface area contributed by atoms with Crippen molar-refractivity contribution >= 4 is 0 Å². The monoisotopic (exact) mass is 300 g/mol. The van der Waals surface area contributed by atoms with Crippen LogP contribution in [0.4, 0.5) is 13.2 Å². The first kappa shape index (κ1) is 14.7. The lowest BCUT2D eigenvalue weighted by Gasteiger charge is -2.36. The molecule has 1 saturated carbocycles. The highest BCUT2D eigenvalue weighted by Crippen LogP contribution is 2.46. The molecule has 0 aromatic heterocycles. The van der Waals surface area contributed by atoms with Crippen LogP contribution in [0.3, 0.4) is 0 Å². The molecule has 1 aliphatic heterocycles. The molecule has 0 saturated heterocycles. The second kappa shape index (κ2) is 5.52. The number of ether oxygens (including phenoxy) is 1. The van der Waals surface area contributed by atoms with Gasteiger partial charge in [0.15, 0.2) is 0 Å². The third-order valence-electron chi connectivity index (χ3n) is 4.70. The molecule has 2 nitrogen and oxygen atoms in total. The molecule has 1 aromatic carbocycles. The van der Waals surface area contributed by atoms with Crippen LogP contribution in [0.1, 0.15) is 42.9 Å². The largest absolute Gasteiger partial charge is 0.493 e. The fourth-order valence-corrected chi connectivity index (χ4v) is 3.58. The lowest BCUT2D eigenvalue weighted by atomic mass is 9.74. The van der Waals surface area contributed by atoms with Crippen molar-refractivity contribution in [2.75, 3.05) is 6.61 Å². The molecular weight excluding hydrogens is 281 g/mol. The minimum atomic E-state index is -4.23. The second-order valence-electron chi connectivity index (χ2n) is 6.01. The first-order chi connectivity index (χ1) is 9.97. The molecule has 5 heteroatoms. The van der Waals surface area contributed by atoms with Crippen LogP contribution >= 0.6 is 0 Å². The van der Waals surface area contributed by atoms with Gasteiger partial charge in [-0.25, -0.2) is 0 Å². The van der Waals surface area contributed by atoms with Gasteiger partial charge in [-0.15, -0.1) is 0 Å². The summed E-state index contributed by atoms with van der Waals surface area (Å²) in [6.07, 6.45) is -2.64. The summed E-state index contributed by atoms with van der Waals surface area (Å²) in [5.74, 6) is -1.35. The Morgan fingerprint density at radius 1 is 1.19 bits per heavy atom. The number of aliphatic hydroxyl groups is 1. The Kier molecular flexibility index (Phi) is 3.86. The summed E-state index contributed by atoms with van der Waals surface area (Å²) in [6, 6.07) is 5.25. The van der Waals surface area contributed by atoms with Crippen molar-refractivity contribution in [1.29, 1.82) is 0 Å². The minimum Gasteiger partial charge on any atom is -0.493 e. The maximum Gasteiger partial charge on any atom is 0.392 e. The van der Waals surface area contributed by atoms with Gasteiger partial charge in [-0.2, -0.15) is 13.2 Å². The Morgan fingerprint density at radius 3 is 2.71 bits per heavy atom. The van der Waals surface area contributed by atoms with E-state index < -0.39 is 24.1 Å². The molecular formula is C16H19F3O2. The molecule has 3 rings (SSSR count). The van der Waals surface area contributed by atoms with E-state index in [2.05, 4.69) is 0 Å². The van der Waals surface area contributed by atoms with Gasteiger partial charge in [0.2, 0.25) is 0 Å². The molecule has 0 amide bonds. The van der Waals surface area contributed by atoms with E-state index in [-0.39, 0.29) is 6.42 Å². The number of benzene rings is 1. The summed E-state index contributed by atoms with van der Waals surface area (Å²) >= 11 is 0. The maximum absolute atomic E-state index is 13.2. The Hall–Kier alpha value is -1.23. The van der Waals surface area contributed by atoms with Gasteiger partial charge in [-0.3, -0.25) is 0 Å². The SMILES string of the molecule is OC(c1ccc2c(c1)CCO2)C1CCCCC1C(F)(F)F. The van der Waals surface area contributed by atoms with Crippen molar-refractivity contribution in [2.24, 2.45) is 11.8 Å². The van der Waals surface area contributed by atoms with Gasteiger partial charge in [0.05, 0.1) is 18.6 Å². The third-order valence-corrected chi connectivity index (χ3v) is 4.70. The summed E-state index contributed by atoms with van der Waals surface area (Å²) in [5.41, 5.74) is 1.56. The summed E-state index contributed by atoms with van der Waals surface area (Å²) in [5, 5.41) is 10.5. The number of rotatable bonds is 2. The average molecular weight is 300 g/mol. The Bertz CT molecular complexity index is 513. The fraction of sp³-hybridized carbons (Fsp3) is 0.625. The first-order valence-corrected chi connectivity index (χ1v) is 7.47. The smallest absolute Gasteiger partial charge is 0.392 e. The predicted octanol–water partition coefficient (Wildman–Crippen LogP) is 4.02. The summed E-state index contributed by atoms with van der Waals surface area (Å²) in [6.45, 7) is 0.601. The van der Waals surface area contributed by atoms with Crippen molar-refractivity contribution in [3.8, 4) is 5.75 Å². The number of aliphatic hydroxyl groups excluding tert-OH is 1. The zero-order valence-corrected chi connectivity index (χ0v) is 11.7. The average Bonchev–Trinajstić information content (AvgIpc) is 2.93. The second-order valence-corrected chi connectivity index (χ2v) is 6.01. The number of hydrogen-bond donors (Lipinski definition) is 1. The number of alkyl halides is 3. The van der Waals surface area contributed by atoms with Crippen molar-refractivity contribution in [2.45, 2.75) is 44.4 Å². The zero-order valence-electron chi connectivity index (χ0n) is 11.7. The highest BCUT2D eigenvalue weighted by atomic mass is 19.4. The highest BCUT2D eigenvalue weighted by molar-refractivity contribution is 5.40. The minimum absolute atomic E-state index is 0.124. The molecule has 0 bridgehead atoms. The molecule has 0 radical (unpaired) electrons. The van der Waals surface area contributed by atoms with Crippen molar-refractivity contribution in [3.05, 3.63) is 29.3 Å². The van der Waals surface area contributed by atoms with Gasteiger partial charge in [0, 0.05) is 12.3 Å². The van der Waals surface area contributed by atoms with Crippen LogP contribution in [0.25, 0.3) is 0 Å². The summed E-state index contributed by atoms with van der Waals surface area (Å²) in [7, 11) is 0. The normalized spacial score (nSPS) is 27.0. The third kappa shape index (κ3) is 2.89. The Morgan fingerprint density at radius 2 is 1.95 bits per heavy atom. The lowest BCUT2D eigenvalue weighted by molar-refractivity contribution is -0.207. The van der Waals surface area contributed by atoms with Gasteiger partial charge in [0.1, 0.15) is 5.75 Å². The first-order valence-electron chi connectivity index (χ1n) is 7.47. The quantitative estimate of drug-likeness (QED) is 0.893. The number of fused-ring (bicyclic) bond motifs is 1. The van der Waals surface area contributed by atoms with E-state index in [1.165, 1.54) is 0 Å². The van der Waals surface area contributed by atoms with Crippen LogP contribution < -0.4 is 4.74 Å². The molecule has 1 aliphatic carbocycles. The lowest BCUT2D eigenvalue weighted by Crippen LogP contribution is -2.36. The Labute approximate surface area is 121 Å². The van der Waals surface area contributed by atoms with E-state index >= 15 is 0 Å². The number of hydrogen-bond acceptors (Lipinski definition) is 2. The van der Waals surface area contributed by atoms with Crippen LogP contribution in [0.2, 0.25) is 0 Å². The van der Waals surface area contributed by atoms with Crippen LogP contribution in [-0.4, -0.2) is 17.9 Å². The van der Waals surface area contributed by atoms with E-state index in [4.69, 9.17) is 4.74 Å². The fourth-order valence-electron chi connectivity index (χ4n) is 3.58. The standard InChI is InChI=1S/C16H19F3O2/c17-16(18,19)13-4-2-1-3-12(13)15(20)11-5-6-14-10(9-11)7-8-21-14/h5-6,9,12-13,15,20H,1-4,7-8H2. The van der Waals surface area contributed by atoms with Gasteiger partial charge >= 0.3 is 6.18 Å². The Balaban J connectivity index is 1.84. The molecule has 1 aromatic rings. The van der Waals surface area contributed by atoms with E-state index in [1.54, 1.807) is 18.2 Å². The van der Waals surface area contributed by atoms with Crippen LogP contribution in [-0.2, 0) is 6.42 Å². The highest BCUT2D eigenvalue weighted by Gasteiger charge is 2.47.